The third-order valence-corrected chi connectivity index (χ3v) is 5.85. The maximum atomic E-state index is 13.5. The molecule has 0 spiro atoms. The lowest BCUT2D eigenvalue weighted by atomic mass is 9.98. The van der Waals surface area contributed by atoms with Crippen molar-refractivity contribution in [3.63, 3.8) is 0 Å². The number of ether oxygens (including phenoxy) is 1. The first-order valence-corrected chi connectivity index (χ1v) is 10.7. The van der Waals surface area contributed by atoms with Gasteiger partial charge < -0.3 is 14.1 Å². The zero-order valence-electron chi connectivity index (χ0n) is 18.0. The van der Waals surface area contributed by atoms with E-state index in [-0.39, 0.29) is 17.1 Å². The molecule has 1 unspecified atom stereocenters. The van der Waals surface area contributed by atoms with Crippen molar-refractivity contribution in [3.8, 4) is 5.75 Å². The topological polar surface area (TPSA) is 59.8 Å². The second-order valence-corrected chi connectivity index (χ2v) is 7.99. The van der Waals surface area contributed by atoms with Crippen molar-refractivity contribution in [1.82, 2.24) is 4.90 Å². The van der Waals surface area contributed by atoms with E-state index in [0.29, 0.717) is 29.7 Å². The van der Waals surface area contributed by atoms with E-state index in [1.165, 1.54) is 0 Å². The van der Waals surface area contributed by atoms with Gasteiger partial charge in [0.2, 0.25) is 5.76 Å². The van der Waals surface area contributed by atoms with Gasteiger partial charge in [-0.05, 0) is 49.2 Å². The van der Waals surface area contributed by atoms with Crippen LogP contribution in [0.25, 0.3) is 11.0 Å². The lowest BCUT2D eigenvalue weighted by Gasteiger charge is -2.25. The van der Waals surface area contributed by atoms with Crippen LogP contribution in [0.5, 0.6) is 5.75 Å². The SMILES string of the molecule is CCOc1ccc(C2c3c(oc4ccccc4c3=O)C(=O)N2Cc2ccc(C)cc2)cc1. The number of carbonyl (C=O) groups excluding carboxylic acids is 1. The molecule has 1 aromatic heterocycles. The summed E-state index contributed by atoms with van der Waals surface area (Å²) in [5.74, 6) is 0.596. The van der Waals surface area contributed by atoms with Crippen molar-refractivity contribution < 1.29 is 13.9 Å². The molecule has 0 aliphatic carbocycles. The molecule has 0 saturated carbocycles. The van der Waals surface area contributed by atoms with Crippen LogP contribution >= 0.6 is 0 Å². The highest BCUT2D eigenvalue weighted by Gasteiger charge is 2.42. The first kappa shape index (κ1) is 20.1. The molecule has 0 fully saturated rings. The highest BCUT2D eigenvalue weighted by molar-refractivity contribution is 5.99. The third-order valence-electron chi connectivity index (χ3n) is 5.85. The Hall–Kier alpha value is -3.86. The van der Waals surface area contributed by atoms with Crippen molar-refractivity contribution in [1.29, 1.82) is 0 Å². The van der Waals surface area contributed by atoms with E-state index < -0.39 is 6.04 Å². The molecule has 32 heavy (non-hydrogen) atoms. The Kier molecular flexibility index (Phi) is 5.02. The van der Waals surface area contributed by atoms with Crippen molar-refractivity contribution in [2.45, 2.75) is 26.4 Å². The van der Waals surface area contributed by atoms with Gasteiger partial charge in [0.05, 0.1) is 23.6 Å². The largest absolute Gasteiger partial charge is 0.494 e. The molecule has 1 atom stereocenters. The van der Waals surface area contributed by atoms with E-state index in [0.717, 1.165) is 22.4 Å². The molecule has 2 heterocycles. The van der Waals surface area contributed by atoms with Crippen LogP contribution in [0.4, 0.5) is 0 Å². The molecule has 160 valence electrons. The van der Waals surface area contributed by atoms with Crippen molar-refractivity contribution >= 4 is 16.9 Å². The molecule has 3 aromatic carbocycles. The number of para-hydroxylation sites is 1. The fourth-order valence-electron chi connectivity index (χ4n) is 4.28. The minimum atomic E-state index is -0.532. The molecule has 0 bridgehead atoms. The first-order valence-electron chi connectivity index (χ1n) is 10.7. The molecule has 5 nitrogen and oxygen atoms in total. The summed E-state index contributed by atoms with van der Waals surface area (Å²) in [6.45, 7) is 4.90. The number of fused-ring (bicyclic) bond motifs is 2. The summed E-state index contributed by atoms with van der Waals surface area (Å²) in [5, 5.41) is 0.479. The van der Waals surface area contributed by atoms with Gasteiger partial charge in [-0.15, -0.1) is 0 Å². The van der Waals surface area contributed by atoms with E-state index in [2.05, 4.69) is 0 Å². The molecule has 0 radical (unpaired) electrons. The Balaban J connectivity index is 1.67. The zero-order valence-corrected chi connectivity index (χ0v) is 18.0. The Labute approximate surface area is 185 Å². The predicted octanol–water partition coefficient (Wildman–Crippen LogP) is 5.25. The number of aryl methyl sites for hydroxylation is 1. The van der Waals surface area contributed by atoms with Gasteiger partial charge in [-0.1, -0.05) is 54.1 Å². The van der Waals surface area contributed by atoms with Crippen LogP contribution in [0, 0.1) is 6.92 Å². The highest BCUT2D eigenvalue weighted by Crippen LogP contribution is 2.39. The highest BCUT2D eigenvalue weighted by atomic mass is 16.5. The maximum Gasteiger partial charge on any atom is 0.291 e. The van der Waals surface area contributed by atoms with Crippen molar-refractivity contribution in [2.24, 2.45) is 0 Å². The summed E-state index contributed by atoms with van der Waals surface area (Å²) in [5.41, 5.74) is 3.63. The Morgan fingerprint density at radius 2 is 1.66 bits per heavy atom. The summed E-state index contributed by atoms with van der Waals surface area (Å²) in [7, 11) is 0. The number of benzene rings is 3. The number of nitrogens with zero attached hydrogens (tertiary/aromatic N) is 1. The smallest absolute Gasteiger partial charge is 0.291 e. The molecule has 4 aromatic rings. The van der Waals surface area contributed by atoms with Crippen LogP contribution < -0.4 is 10.2 Å². The summed E-state index contributed by atoms with van der Waals surface area (Å²) in [6.07, 6.45) is 0. The van der Waals surface area contributed by atoms with Gasteiger partial charge in [0.1, 0.15) is 11.3 Å². The second kappa shape index (κ2) is 8.00. The standard InChI is InChI=1S/C27H23NO4/c1-3-31-20-14-12-19(13-15-20)24-23-25(29)21-6-4-5-7-22(21)32-26(23)27(30)28(24)16-18-10-8-17(2)9-11-18/h4-15,24H,3,16H2,1-2H3. The van der Waals surface area contributed by atoms with Crippen LogP contribution in [0.2, 0.25) is 0 Å². The molecule has 1 aliphatic rings. The van der Waals surface area contributed by atoms with E-state index in [9.17, 15) is 9.59 Å². The zero-order chi connectivity index (χ0) is 22.2. The van der Waals surface area contributed by atoms with Crippen LogP contribution in [0.1, 0.15) is 45.8 Å². The van der Waals surface area contributed by atoms with Gasteiger partial charge in [0, 0.05) is 6.54 Å². The van der Waals surface area contributed by atoms with E-state index in [4.69, 9.17) is 9.15 Å². The molecule has 0 saturated heterocycles. The Bertz CT molecular complexity index is 1350. The van der Waals surface area contributed by atoms with Crippen LogP contribution in [-0.2, 0) is 6.54 Å². The molecule has 0 N–H and O–H groups in total. The van der Waals surface area contributed by atoms with Gasteiger partial charge in [-0.3, -0.25) is 9.59 Å². The van der Waals surface area contributed by atoms with Gasteiger partial charge in [0.25, 0.3) is 5.91 Å². The minimum Gasteiger partial charge on any atom is -0.494 e. The number of amides is 1. The van der Waals surface area contributed by atoms with Crippen molar-refractivity contribution in [2.75, 3.05) is 6.61 Å². The maximum absolute atomic E-state index is 13.5. The van der Waals surface area contributed by atoms with Crippen LogP contribution in [0.3, 0.4) is 0 Å². The van der Waals surface area contributed by atoms with Gasteiger partial charge in [-0.25, -0.2) is 0 Å². The first-order chi connectivity index (χ1) is 15.6. The van der Waals surface area contributed by atoms with Gasteiger partial charge in [0.15, 0.2) is 5.43 Å². The van der Waals surface area contributed by atoms with E-state index >= 15 is 0 Å². The molecule has 5 rings (SSSR count). The summed E-state index contributed by atoms with van der Waals surface area (Å²) >= 11 is 0. The van der Waals surface area contributed by atoms with E-state index in [1.807, 2.05) is 62.4 Å². The molecule has 5 heteroatoms. The average Bonchev–Trinajstić information content (AvgIpc) is 3.08. The van der Waals surface area contributed by atoms with Crippen LogP contribution in [-0.4, -0.2) is 17.4 Å². The number of hydrogen-bond donors (Lipinski definition) is 0. The molecular formula is C27H23NO4. The monoisotopic (exact) mass is 425 g/mol. The summed E-state index contributed by atoms with van der Waals surface area (Å²) in [6, 6.07) is 22.1. The van der Waals surface area contributed by atoms with Crippen LogP contribution in [0.15, 0.2) is 82.0 Å². The molecular weight excluding hydrogens is 402 g/mol. The Morgan fingerprint density at radius 1 is 0.938 bits per heavy atom. The van der Waals surface area contributed by atoms with Crippen molar-refractivity contribution in [3.05, 3.63) is 111 Å². The molecule has 1 amide bonds. The molecule has 1 aliphatic heterocycles. The lowest BCUT2D eigenvalue weighted by molar-refractivity contribution is 0.0714. The van der Waals surface area contributed by atoms with E-state index in [1.54, 1.807) is 29.2 Å². The minimum absolute atomic E-state index is 0.125. The summed E-state index contributed by atoms with van der Waals surface area (Å²) in [4.78, 5) is 28.7. The fourth-order valence-corrected chi connectivity index (χ4v) is 4.28. The number of rotatable bonds is 5. The number of hydrogen-bond acceptors (Lipinski definition) is 4. The number of carbonyl (C=O) groups is 1. The normalized spacial score (nSPS) is 15.2. The quantitative estimate of drug-likeness (QED) is 0.438. The lowest BCUT2D eigenvalue weighted by Crippen LogP contribution is -2.29. The Morgan fingerprint density at radius 3 is 2.38 bits per heavy atom. The summed E-state index contributed by atoms with van der Waals surface area (Å²) < 4.78 is 11.6. The third kappa shape index (κ3) is 3.36. The second-order valence-electron chi connectivity index (χ2n) is 7.99. The fraction of sp³-hybridized carbons (Fsp3) is 0.185. The predicted molar refractivity (Wildman–Crippen MR) is 123 cm³/mol. The van der Waals surface area contributed by atoms with Gasteiger partial charge in [-0.2, -0.15) is 0 Å². The van der Waals surface area contributed by atoms with Gasteiger partial charge >= 0.3 is 0 Å². The average molecular weight is 425 g/mol.